The van der Waals surface area contributed by atoms with E-state index >= 15 is 0 Å². The van der Waals surface area contributed by atoms with Crippen LogP contribution in [0.1, 0.15) is 102 Å². The predicted octanol–water partition coefficient (Wildman–Crippen LogP) is 5.17. The number of carbonyl (C=O) groups excluding carboxylic acids is 1. The number of amides is 1. The van der Waals surface area contributed by atoms with Crippen LogP contribution in [0.4, 0.5) is 5.95 Å². The first-order chi connectivity index (χ1) is 18.5. The van der Waals surface area contributed by atoms with Gasteiger partial charge in [0.1, 0.15) is 0 Å². The van der Waals surface area contributed by atoms with Crippen molar-refractivity contribution in [2.75, 3.05) is 31.6 Å². The molecule has 2 aromatic heterocycles. The molecule has 2 aliphatic carbocycles. The number of rotatable bonds is 9. The zero-order chi connectivity index (χ0) is 26.5. The second kappa shape index (κ2) is 12.6. The van der Waals surface area contributed by atoms with Gasteiger partial charge in [-0.2, -0.15) is 0 Å². The van der Waals surface area contributed by atoms with Crippen molar-refractivity contribution >= 4 is 22.9 Å². The van der Waals surface area contributed by atoms with Gasteiger partial charge >= 0.3 is 0 Å². The van der Waals surface area contributed by atoms with Crippen LogP contribution in [0.25, 0.3) is 11.1 Å². The number of nitrogens with zero attached hydrogens (tertiary/aromatic N) is 4. The molecule has 208 valence electrons. The van der Waals surface area contributed by atoms with Crippen molar-refractivity contribution < 1.29 is 14.6 Å². The maximum Gasteiger partial charge on any atom is 0.241 e. The zero-order valence-electron chi connectivity index (χ0n) is 23.2. The van der Waals surface area contributed by atoms with Crippen LogP contribution in [0, 0.1) is 5.92 Å². The Morgan fingerprint density at radius 3 is 2.68 bits per heavy atom. The minimum atomic E-state index is -0.185. The Labute approximate surface area is 226 Å². The van der Waals surface area contributed by atoms with Crippen LogP contribution in [0.3, 0.4) is 0 Å². The summed E-state index contributed by atoms with van der Waals surface area (Å²) in [5.41, 5.74) is 4.76. The fourth-order valence-electron chi connectivity index (χ4n) is 6.34. The summed E-state index contributed by atoms with van der Waals surface area (Å²) >= 11 is 0. The monoisotopic (exact) mass is 523 g/mol. The summed E-state index contributed by atoms with van der Waals surface area (Å²) in [4.78, 5) is 19.7. The summed E-state index contributed by atoms with van der Waals surface area (Å²) in [6, 6.07) is 2.64. The minimum absolute atomic E-state index is 0.0614. The first-order valence-electron chi connectivity index (χ1n) is 14.9. The van der Waals surface area contributed by atoms with Gasteiger partial charge in [0, 0.05) is 42.2 Å². The normalized spacial score (nSPS) is 25.3. The number of aliphatic hydroxyl groups is 1. The number of fused-ring (bicyclic) bond motifs is 1. The van der Waals surface area contributed by atoms with Crippen LogP contribution < -0.4 is 5.32 Å². The van der Waals surface area contributed by atoms with E-state index < -0.39 is 0 Å². The summed E-state index contributed by atoms with van der Waals surface area (Å²) < 4.78 is 7.53. The molecule has 0 aromatic carbocycles. The van der Waals surface area contributed by atoms with Crippen molar-refractivity contribution in [2.45, 2.75) is 103 Å². The number of aromatic nitrogens is 3. The van der Waals surface area contributed by atoms with Crippen LogP contribution in [0.5, 0.6) is 0 Å². The quantitative estimate of drug-likeness (QED) is 0.441. The van der Waals surface area contributed by atoms with Crippen molar-refractivity contribution in [3.8, 4) is 0 Å². The van der Waals surface area contributed by atoms with Crippen LogP contribution >= 0.6 is 0 Å². The summed E-state index contributed by atoms with van der Waals surface area (Å²) in [5.74, 6) is 1.39. The molecular formula is C30H45N5O3. The highest BCUT2D eigenvalue weighted by Crippen LogP contribution is 2.39. The number of allylic oxidation sites excluding steroid dienone is 2. The highest BCUT2D eigenvalue weighted by molar-refractivity contribution is 5.83. The second-order valence-electron chi connectivity index (χ2n) is 11.5. The Kier molecular flexibility index (Phi) is 9.00. The van der Waals surface area contributed by atoms with Gasteiger partial charge in [-0.3, -0.25) is 4.79 Å². The molecule has 2 atom stereocenters. The SMILES string of the molecule is CCCCC[C@H](C)Nc1ncc2c(C3=CCC(C(=O)N4CCOCC4)CC3)cc(C3CCC(O)CC3)n2n1. The molecule has 1 unspecified atom stereocenters. The Hall–Kier alpha value is -2.45. The van der Waals surface area contributed by atoms with Crippen molar-refractivity contribution in [1.82, 2.24) is 19.5 Å². The lowest BCUT2D eigenvalue weighted by atomic mass is 9.84. The number of ether oxygens (including phenoxy) is 1. The molecular weight excluding hydrogens is 478 g/mol. The molecule has 3 heterocycles. The summed E-state index contributed by atoms with van der Waals surface area (Å²) in [6.07, 6.45) is 15.0. The molecule has 3 aliphatic rings. The standard InChI is InChI=1S/C30H45N5O3/c1-3-4-5-6-21(2)32-30-31-20-28-26(19-27(35(28)33-30)23-11-13-25(36)14-12-23)22-7-9-24(10-8-22)29(37)34-15-17-38-18-16-34/h7,19-21,23-25,36H,3-6,8-18H2,1-2H3,(H,32,33)/t21-,23?,24?,25?/m0/s1. The van der Waals surface area contributed by atoms with E-state index in [0.29, 0.717) is 44.2 Å². The van der Waals surface area contributed by atoms with Gasteiger partial charge in [0.2, 0.25) is 11.9 Å². The molecule has 2 fully saturated rings. The van der Waals surface area contributed by atoms with Gasteiger partial charge in [-0.25, -0.2) is 9.50 Å². The topological polar surface area (TPSA) is 92.0 Å². The van der Waals surface area contributed by atoms with E-state index in [1.807, 2.05) is 11.1 Å². The molecule has 5 rings (SSSR count). The maximum absolute atomic E-state index is 13.0. The molecule has 1 saturated heterocycles. The zero-order valence-corrected chi connectivity index (χ0v) is 23.2. The minimum Gasteiger partial charge on any atom is -0.393 e. The lowest BCUT2D eigenvalue weighted by molar-refractivity contribution is -0.139. The summed E-state index contributed by atoms with van der Waals surface area (Å²) in [7, 11) is 0. The number of aliphatic hydroxyl groups excluding tert-OH is 1. The first kappa shape index (κ1) is 27.1. The number of hydrogen-bond acceptors (Lipinski definition) is 6. The molecule has 8 heteroatoms. The third-order valence-electron chi connectivity index (χ3n) is 8.70. The second-order valence-corrected chi connectivity index (χ2v) is 11.5. The largest absolute Gasteiger partial charge is 0.393 e. The van der Waals surface area contributed by atoms with Gasteiger partial charge in [-0.1, -0.05) is 32.3 Å². The van der Waals surface area contributed by atoms with Crippen LogP contribution in [-0.2, 0) is 9.53 Å². The van der Waals surface area contributed by atoms with E-state index in [0.717, 1.165) is 56.9 Å². The predicted molar refractivity (Wildman–Crippen MR) is 150 cm³/mol. The highest BCUT2D eigenvalue weighted by Gasteiger charge is 2.30. The molecule has 1 amide bonds. The maximum atomic E-state index is 13.0. The first-order valence-corrected chi connectivity index (χ1v) is 14.9. The Balaban J connectivity index is 1.38. The van der Waals surface area contributed by atoms with Gasteiger partial charge in [0.25, 0.3) is 0 Å². The van der Waals surface area contributed by atoms with E-state index in [9.17, 15) is 9.90 Å². The van der Waals surface area contributed by atoms with E-state index in [1.54, 1.807) is 0 Å². The molecule has 0 spiro atoms. The molecule has 1 saturated carbocycles. The number of morpholine rings is 1. The molecule has 38 heavy (non-hydrogen) atoms. The van der Waals surface area contributed by atoms with Gasteiger partial charge in [0.15, 0.2) is 0 Å². The van der Waals surface area contributed by atoms with Crippen molar-refractivity contribution in [3.63, 3.8) is 0 Å². The van der Waals surface area contributed by atoms with Crippen molar-refractivity contribution in [2.24, 2.45) is 5.92 Å². The number of anilines is 1. The smallest absolute Gasteiger partial charge is 0.241 e. The van der Waals surface area contributed by atoms with Gasteiger partial charge < -0.3 is 20.1 Å². The number of unbranched alkanes of at least 4 members (excludes halogenated alkanes) is 2. The summed E-state index contributed by atoms with van der Waals surface area (Å²) in [6.45, 7) is 7.14. The third kappa shape index (κ3) is 6.23. The van der Waals surface area contributed by atoms with Crippen LogP contribution in [0.15, 0.2) is 18.3 Å². The van der Waals surface area contributed by atoms with E-state index in [1.165, 1.54) is 36.1 Å². The lowest BCUT2D eigenvalue weighted by Gasteiger charge is -2.31. The number of carbonyl (C=O) groups is 1. The Bertz CT molecular complexity index is 1110. The number of nitrogens with one attached hydrogen (secondary N) is 1. The van der Waals surface area contributed by atoms with Crippen molar-refractivity contribution in [3.05, 3.63) is 29.6 Å². The average Bonchev–Trinajstić information content (AvgIpc) is 3.32. The highest BCUT2D eigenvalue weighted by atomic mass is 16.5. The lowest BCUT2D eigenvalue weighted by Crippen LogP contribution is -2.44. The number of hydrogen-bond donors (Lipinski definition) is 2. The van der Waals surface area contributed by atoms with E-state index in [4.69, 9.17) is 14.8 Å². The van der Waals surface area contributed by atoms with Gasteiger partial charge in [-0.05, 0) is 69.9 Å². The molecule has 2 aromatic rings. The molecule has 2 N–H and O–H groups in total. The van der Waals surface area contributed by atoms with E-state index in [-0.39, 0.29) is 17.9 Å². The molecule has 0 bridgehead atoms. The Morgan fingerprint density at radius 1 is 1.18 bits per heavy atom. The van der Waals surface area contributed by atoms with Gasteiger partial charge in [-0.15, -0.1) is 5.10 Å². The molecule has 1 aliphatic heterocycles. The Morgan fingerprint density at radius 2 is 1.97 bits per heavy atom. The fourth-order valence-corrected chi connectivity index (χ4v) is 6.34. The van der Waals surface area contributed by atoms with Crippen molar-refractivity contribution in [1.29, 1.82) is 0 Å². The molecule has 8 nitrogen and oxygen atoms in total. The average molecular weight is 524 g/mol. The van der Waals surface area contributed by atoms with Gasteiger partial charge in [0.05, 0.1) is 31.0 Å². The molecule has 0 radical (unpaired) electrons. The van der Waals surface area contributed by atoms with E-state index in [2.05, 4.69) is 35.8 Å². The van der Waals surface area contributed by atoms with Crippen LogP contribution in [0.2, 0.25) is 0 Å². The van der Waals surface area contributed by atoms with Crippen LogP contribution in [-0.4, -0.2) is 69.0 Å². The summed E-state index contributed by atoms with van der Waals surface area (Å²) in [5, 5.41) is 18.6. The third-order valence-corrected chi connectivity index (χ3v) is 8.70. The fraction of sp³-hybridized carbons (Fsp3) is 0.700.